The van der Waals surface area contributed by atoms with Crippen LogP contribution in [0.2, 0.25) is 18.1 Å². The molecule has 158 valence electrons. The van der Waals surface area contributed by atoms with Gasteiger partial charge in [-0.25, -0.2) is 0 Å². The van der Waals surface area contributed by atoms with Crippen molar-refractivity contribution in [1.82, 2.24) is 0 Å². The van der Waals surface area contributed by atoms with Gasteiger partial charge in [0.25, 0.3) is 0 Å². The van der Waals surface area contributed by atoms with E-state index in [0.29, 0.717) is 17.6 Å². The van der Waals surface area contributed by atoms with Crippen molar-refractivity contribution in [3.8, 4) is 0 Å². The van der Waals surface area contributed by atoms with E-state index in [1.807, 2.05) is 0 Å². The van der Waals surface area contributed by atoms with E-state index < -0.39 is 8.32 Å². The zero-order valence-electron chi connectivity index (χ0n) is 18.9. The van der Waals surface area contributed by atoms with Crippen LogP contribution in [0.25, 0.3) is 0 Å². The van der Waals surface area contributed by atoms with Gasteiger partial charge in [0.15, 0.2) is 8.32 Å². The molecule has 0 heterocycles. The smallest absolute Gasteiger partial charge is 0.191 e. The summed E-state index contributed by atoms with van der Waals surface area (Å²) in [5.74, 6) is 1.88. The fraction of sp³-hybridized carbons (Fsp3) is 0.792. The maximum absolute atomic E-state index is 13.6. The van der Waals surface area contributed by atoms with Crippen LogP contribution >= 0.6 is 22.6 Å². The molecule has 28 heavy (non-hydrogen) atoms. The van der Waals surface area contributed by atoms with Crippen LogP contribution in [0.4, 0.5) is 0 Å². The molecule has 0 amide bonds. The average molecular weight is 515 g/mol. The lowest BCUT2D eigenvalue weighted by atomic mass is 9.78. The topological polar surface area (TPSA) is 26.3 Å². The second kappa shape index (κ2) is 7.95. The summed E-state index contributed by atoms with van der Waals surface area (Å²) in [6.07, 6.45) is 10.2. The summed E-state index contributed by atoms with van der Waals surface area (Å²) in [6.45, 7) is 16.8. The Balaban J connectivity index is 1.80. The Morgan fingerprint density at radius 1 is 1.39 bits per heavy atom. The fourth-order valence-corrected chi connectivity index (χ4v) is 6.63. The number of Topliss-reactive ketones (excluding diaryl/α,β-unsaturated/α-hetero) is 1. The molecule has 2 saturated carbocycles. The second-order valence-corrected chi connectivity index (χ2v) is 17.7. The first-order valence-corrected chi connectivity index (χ1v) is 15.1. The van der Waals surface area contributed by atoms with Crippen molar-refractivity contribution in [2.45, 2.75) is 84.9 Å². The highest BCUT2D eigenvalue weighted by Gasteiger charge is 2.67. The quantitative estimate of drug-likeness (QED) is 0.211. The Kier molecular flexibility index (Phi) is 6.46. The Morgan fingerprint density at radius 2 is 2.07 bits per heavy atom. The number of rotatable bonds is 6. The first kappa shape index (κ1) is 22.7. The normalized spacial score (nSPS) is 34.4. The maximum atomic E-state index is 13.6. The summed E-state index contributed by atoms with van der Waals surface area (Å²) < 4.78 is 7.95. The van der Waals surface area contributed by atoms with Gasteiger partial charge < -0.3 is 4.43 Å². The maximum Gasteiger partial charge on any atom is 0.191 e. The predicted octanol–water partition coefficient (Wildman–Crippen LogP) is 7.30. The Hall–Kier alpha value is 0.0569. The summed E-state index contributed by atoms with van der Waals surface area (Å²) in [6, 6.07) is 0. The minimum absolute atomic E-state index is 0.162. The molecule has 4 heteroatoms. The highest BCUT2D eigenvalue weighted by Crippen LogP contribution is 2.69. The van der Waals surface area contributed by atoms with Crippen molar-refractivity contribution in [2.24, 2.45) is 29.1 Å². The van der Waals surface area contributed by atoms with Crippen LogP contribution in [0.3, 0.4) is 0 Å². The lowest BCUT2D eigenvalue weighted by Crippen LogP contribution is -2.43. The number of carbonyl (C=O) groups is 1. The van der Waals surface area contributed by atoms with Gasteiger partial charge in [-0.3, -0.25) is 4.79 Å². The van der Waals surface area contributed by atoms with Crippen molar-refractivity contribution in [2.75, 3.05) is 6.61 Å². The molecule has 2 nitrogen and oxygen atoms in total. The second-order valence-electron chi connectivity index (χ2n) is 11.2. The molecule has 3 rings (SSSR count). The molecule has 5 atom stereocenters. The van der Waals surface area contributed by atoms with Crippen LogP contribution in [0, 0.1) is 29.1 Å². The van der Waals surface area contributed by atoms with E-state index in [1.165, 1.54) is 16.4 Å². The highest BCUT2D eigenvalue weighted by molar-refractivity contribution is 14.1. The van der Waals surface area contributed by atoms with E-state index >= 15 is 0 Å². The third-order valence-electron chi connectivity index (χ3n) is 8.29. The van der Waals surface area contributed by atoms with Crippen LogP contribution < -0.4 is 0 Å². The molecule has 0 aromatic carbocycles. The van der Waals surface area contributed by atoms with E-state index in [4.69, 9.17) is 4.43 Å². The molecular weight excluding hydrogens is 475 g/mol. The molecule has 0 saturated heterocycles. The standard InChI is InChI=1S/C24H39IO2Si/c1-16(25)10-11-18(15-27-28(6,7)23(2,3)4)19-13-12-17-9-8-14-24(5)20(17)21(24)22(19)26/h9-10,18-21H,8,11-15H2,1-7H3/b16-10-/t18-,19-,20+,21-,24+/m1/s1. The molecule has 0 N–H and O–H groups in total. The van der Waals surface area contributed by atoms with E-state index in [-0.39, 0.29) is 22.3 Å². The van der Waals surface area contributed by atoms with Crippen LogP contribution in [-0.2, 0) is 9.22 Å². The molecule has 0 radical (unpaired) electrons. The van der Waals surface area contributed by atoms with Gasteiger partial charge >= 0.3 is 0 Å². The molecule has 3 aliphatic rings. The van der Waals surface area contributed by atoms with Gasteiger partial charge in [-0.05, 0) is 101 Å². The summed E-state index contributed by atoms with van der Waals surface area (Å²) >= 11 is 2.39. The average Bonchev–Trinajstić information content (AvgIpc) is 3.24. The lowest BCUT2D eigenvalue weighted by molar-refractivity contribution is -0.127. The van der Waals surface area contributed by atoms with Crippen LogP contribution in [0.1, 0.15) is 66.7 Å². The van der Waals surface area contributed by atoms with Crippen LogP contribution in [0.15, 0.2) is 21.3 Å². The first-order valence-electron chi connectivity index (χ1n) is 11.1. The lowest BCUT2D eigenvalue weighted by Gasteiger charge is -2.38. The molecule has 0 aromatic heterocycles. The van der Waals surface area contributed by atoms with Gasteiger partial charge in [-0.15, -0.1) is 0 Å². The van der Waals surface area contributed by atoms with E-state index in [2.05, 4.69) is 82.5 Å². The van der Waals surface area contributed by atoms with Crippen molar-refractivity contribution < 1.29 is 9.22 Å². The molecular formula is C24H39IO2Si. The number of ketones is 1. The largest absolute Gasteiger partial charge is 0.417 e. The van der Waals surface area contributed by atoms with E-state index in [0.717, 1.165) is 25.9 Å². The zero-order chi connectivity index (χ0) is 20.9. The van der Waals surface area contributed by atoms with Crippen molar-refractivity contribution in [1.29, 1.82) is 0 Å². The minimum atomic E-state index is -1.81. The molecule has 0 unspecified atom stereocenters. The van der Waals surface area contributed by atoms with Gasteiger partial charge in [0, 0.05) is 18.4 Å². The monoisotopic (exact) mass is 514 g/mol. The van der Waals surface area contributed by atoms with Gasteiger partial charge in [0.2, 0.25) is 0 Å². The number of halogens is 1. The summed E-state index contributed by atoms with van der Waals surface area (Å²) in [4.78, 5) is 13.6. The van der Waals surface area contributed by atoms with Crippen LogP contribution in [0.5, 0.6) is 0 Å². The third-order valence-corrected chi connectivity index (χ3v) is 13.2. The van der Waals surface area contributed by atoms with Crippen molar-refractivity contribution >= 4 is 36.7 Å². The fourth-order valence-electron chi connectivity index (χ4n) is 5.31. The molecule has 0 spiro atoms. The first-order chi connectivity index (χ1) is 12.9. The van der Waals surface area contributed by atoms with Crippen molar-refractivity contribution in [3.05, 3.63) is 21.3 Å². The molecule has 0 aliphatic heterocycles. The zero-order valence-corrected chi connectivity index (χ0v) is 22.1. The SMILES string of the molecule is C/C(I)=C/C[C@H](CO[Si](C)(C)C(C)(C)C)[C@H]1CCC2=CCC[C@]3(C)[C@@H](C1=O)[C@H]23. The highest BCUT2D eigenvalue weighted by atomic mass is 127. The van der Waals surface area contributed by atoms with Gasteiger partial charge in [0.05, 0.1) is 0 Å². The van der Waals surface area contributed by atoms with E-state index in [9.17, 15) is 4.79 Å². The molecule has 0 aromatic rings. The number of allylic oxidation sites excluding steroid dienone is 4. The van der Waals surface area contributed by atoms with Gasteiger partial charge in [-0.1, -0.05) is 45.4 Å². The van der Waals surface area contributed by atoms with Crippen molar-refractivity contribution in [3.63, 3.8) is 0 Å². The summed E-state index contributed by atoms with van der Waals surface area (Å²) in [5, 5.41) is 0.205. The third kappa shape index (κ3) is 4.25. The number of hydrogen-bond acceptors (Lipinski definition) is 2. The molecule has 0 bridgehead atoms. The Morgan fingerprint density at radius 3 is 2.68 bits per heavy atom. The molecule has 3 aliphatic carbocycles. The number of hydrogen-bond donors (Lipinski definition) is 0. The molecule has 2 fully saturated rings. The van der Waals surface area contributed by atoms with Gasteiger partial charge in [-0.2, -0.15) is 0 Å². The summed E-state index contributed by atoms with van der Waals surface area (Å²) in [7, 11) is -1.81. The summed E-state index contributed by atoms with van der Waals surface area (Å²) in [5.41, 5.74) is 1.86. The Labute approximate surface area is 187 Å². The van der Waals surface area contributed by atoms with Crippen LogP contribution in [-0.4, -0.2) is 20.7 Å². The van der Waals surface area contributed by atoms with E-state index in [1.54, 1.807) is 5.57 Å². The number of carbonyl (C=O) groups excluding carboxylic acids is 1. The number of fused-ring (bicyclic) bond motifs is 1. The minimum Gasteiger partial charge on any atom is -0.417 e. The predicted molar refractivity (Wildman–Crippen MR) is 129 cm³/mol. The Bertz CT molecular complexity index is 683. The van der Waals surface area contributed by atoms with Gasteiger partial charge in [0.1, 0.15) is 5.78 Å².